The third-order valence-electron chi connectivity index (χ3n) is 2.36. The first-order chi connectivity index (χ1) is 9.08. The summed E-state index contributed by atoms with van der Waals surface area (Å²) in [4.78, 5) is 11.6. The molecule has 0 fully saturated rings. The zero-order valence-electron chi connectivity index (χ0n) is 10.2. The standard InChI is InChI=1S/C11H15N3O4S/c15-7-5-13(6-8-16)11(19)12-9-1-3-10(4-2-9)14(17)18/h1-4,15-16H,5-8H2,(H,12,19). The highest BCUT2D eigenvalue weighted by atomic mass is 32.1. The maximum absolute atomic E-state index is 10.5. The Balaban J connectivity index is 2.66. The third-order valence-corrected chi connectivity index (χ3v) is 2.72. The van der Waals surface area contributed by atoms with Gasteiger partial charge in [0.15, 0.2) is 5.11 Å². The first kappa shape index (κ1) is 15.3. The Morgan fingerprint density at radius 3 is 2.21 bits per heavy atom. The Morgan fingerprint density at radius 2 is 1.79 bits per heavy atom. The lowest BCUT2D eigenvalue weighted by atomic mass is 10.3. The minimum Gasteiger partial charge on any atom is -0.395 e. The molecule has 1 aromatic carbocycles. The number of non-ortho nitro benzene ring substituents is 1. The van der Waals surface area contributed by atoms with Gasteiger partial charge in [-0.15, -0.1) is 0 Å². The van der Waals surface area contributed by atoms with E-state index in [1.807, 2.05) is 0 Å². The van der Waals surface area contributed by atoms with Gasteiger partial charge in [-0.1, -0.05) is 0 Å². The smallest absolute Gasteiger partial charge is 0.269 e. The monoisotopic (exact) mass is 285 g/mol. The second-order valence-corrected chi connectivity index (χ2v) is 4.06. The van der Waals surface area contributed by atoms with Crippen molar-refractivity contribution in [2.45, 2.75) is 0 Å². The van der Waals surface area contributed by atoms with Crippen molar-refractivity contribution in [2.75, 3.05) is 31.6 Å². The molecule has 7 nitrogen and oxygen atoms in total. The van der Waals surface area contributed by atoms with Crippen molar-refractivity contribution in [1.29, 1.82) is 0 Å². The van der Waals surface area contributed by atoms with Gasteiger partial charge in [0.05, 0.1) is 18.1 Å². The van der Waals surface area contributed by atoms with Gasteiger partial charge in [0.2, 0.25) is 0 Å². The quantitative estimate of drug-likeness (QED) is 0.399. The number of thiocarbonyl (C=S) groups is 1. The summed E-state index contributed by atoms with van der Waals surface area (Å²) in [5, 5.41) is 31.5. The van der Waals surface area contributed by atoms with Crippen LogP contribution >= 0.6 is 12.2 Å². The Kier molecular flexibility index (Phi) is 6.13. The van der Waals surface area contributed by atoms with Crippen LogP contribution in [-0.2, 0) is 0 Å². The number of nitro groups is 1. The number of benzene rings is 1. The van der Waals surface area contributed by atoms with Gasteiger partial charge in [-0.2, -0.15) is 0 Å². The molecule has 19 heavy (non-hydrogen) atoms. The normalized spacial score (nSPS) is 10.0. The number of nitrogens with one attached hydrogen (secondary N) is 1. The van der Waals surface area contributed by atoms with Crippen LogP contribution in [0.1, 0.15) is 0 Å². The summed E-state index contributed by atoms with van der Waals surface area (Å²) >= 11 is 5.13. The molecule has 0 aliphatic rings. The first-order valence-electron chi connectivity index (χ1n) is 5.60. The molecule has 0 aromatic heterocycles. The molecule has 0 saturated carbocycles. The SMILES string of the molecule is O=[N+]([O-])c1ccc(NC(=S)N(CCO)CCO)cc1. The molecule has 0 aliphatic carbocycles. The van der Waals surface area contributed by atoms with Crippen molar-refractivity contribution < 1.29 is 15.1 Å². The van der Waals surface area contributed by atoms with E-state index in [9.17, 15) is 10.1 Å². The van der Waals surface area contributed by atoms with Gasteiger partial charge < -0.3 is 20.4 Å². The number of hydrogen-bond donors (Lipinski definition) is 3. The van der Waals surface area contributed by atoms with Gasteiger partial charge in [-0.25, -0.2) is 0 Å². The van der Waals surface area contributed by atoms with Crippen LogP contribution in [0, 0.1) is 10.1 Å². The Bertz CT molecular complexity index is 432. The molecular weight excluding hydrogens is 270 g/mol. The Hall–Kier alpha value is -1.77. The molecule has 0 amide bonds. The maximum atomic E-state index is 10.5. The highest BCUT2D eigenvalue weighted by Gasteiger charge is 2.09. The van der Waals surface area contributed by atoms with Crippen molar-refractivity contribution >= 4 is 28.7 Å². The van der Waals surface area contributed by atoms with Crippen molar-refractivity contribution in [3.8, 4) is 0 Å². The number of aliphatic hydroxyl groups excluding tert-OH is 2. The van der Waals surface area contributed by atoms with E-state index >= 15 is 0 Å². The highest BCUT2D eigenvalue weighted by Crippen LogP contribution is 2.15. The second kappa shape index (κ2) is 7.62. The number of nitro benzene ring substituents is 1. The van der Waals surface area contributed by atoms with Crippen LogP contribution in [0.3, 0.4) is 0 Å². The van der Waals surface area contributed by atoms with Crippen molar-refractivity contribution in [2.24, 2.45) is 0 Å². The van der Waals surface area contributed by atoms with Gasteiger partial charge in [-0.3, -0.25) is 10.1 Å². The van der Waals surface area contributed by atoms with Gasteiger partial charge in [-0.05, 0) is 24.4 Å². The zero-order chi connectivity index (χ0) is 14.3. The molecule has 0 unspecified atom stereocenters. The van der Waals surface area contributed by atoms with E-state index in [0.717, 1.165) is 0 Å². The van der Waals surface area contributed by atoms with Crippen molar-refractivity contribution in [3.63, 3.8) is 0 Å². The molecule has 0 bridgehead atoms. The third kappa shape index (κ3) is 4.78. The topological polar surface area (TPSA) is 98.9 Å². The minimum atomic E-state index is -0.480. The predicted molar refractivity (Wildman–Crippen MR) is 75.1 cm³/mol. The van der Waals surface area contributed by atoms with E-state index in [1.165, 1.54) is 12.1 Å². The van der Waals surface area contributed by atoms with Gasteiger partial charge in [0.1, 0.15) is 0 Å². The molecule has 0 atom stereocenters. The van der Waals surface area contributed by atoms with E-state index in [1.54, 1.807) is 17.0 Å². The largest absolute Gasteiger partial charge is 0.395 e. The molecule has 0 saturated heterocycles. The summed E-state index contributed by atoms with van der Waals surface area (Å²) in [6.07, 6.45) is 0. The van der Waals surface area contributed by atoms with E-state index < -0.39 is 4.92 Å². The van der Waals surface area contributed by atoms with Crippen LogP contribution in [0.5, 0.6) is 0 Å². The van der Waals surface area contributed by atoms with Crippen LogP contribution in [-0.4, -0.2) is 51.5 Å². The molecule has 0 radical (unpaired) electrons. The number of aliphatic hydroxyl groups is 2. The highest BCUT2D eigenvalue weighted by molar-refractivity contribution is 7.80. The summed E-state index contributed by atoms with van der Waals surface area (Å²) < 4.78 is 0. The molecular formula is C11H15N3O4S. The summed E-state index contributed by atoms with van der Waals surface area (Å²) in [5.74, 6) is 0. The average molecular weight is 285 g/mol. The summed E-state index contributed by atoms with van der Waals surface area (Å²) in [6.45, 7) is 0.447. The number of hydrogen-bond acceptors (Lipinski definition) is 5. The molecule has 0 spiro atoms. The second-order valence-electron chi connectivity index (χ2n) is 3.67. The lowest BCUT2D eigenvalue weighted by Gasteiger charge is -2.24. The number of nitrogens with zero attached hydrogens (tertiary/aromatic N) is 2. The van der Waals surface area contributed by atoms with Crippen LogP contribution < -0.4 is 5.32 Å². The lowest BCUT2D eigenvalue weighted by Crippen LogP contribution is -2.38. The maximum Gasteiger partial charge on any atom is 0.269 e. The molecule has 3 N–H and O–H groups in total. The van der Waals surface area contributed by atoms with Crippen LogP contribution in [0.25, 0.3) is 0 Å². The van der Waals surface area contributed by atoms with Crippen LogP contribution in [0.15, 0.2) is 24.3 Å². The molecule has 1 rings (SSSR count). The van der Waals surface area contributed by atoms with Crippen molar-refractivity contribution in [3.05, 3.63) is 34.4 Å². The summed E-state index contributed by atoms with van der Waals surface area (Å²) in [7, 11) is 0. The fourth-order valence-electron chi connectivity index (χ4n) is 1.43. The van der Waals surface area contributed by atoms with E-state index in [-0.39, 0.29) is 18.9 Å². The number of anilines is 1. The summed E-state index contributed by atoms with van der Waals surface area (Å²) in [6, 6.07) is 5.82. The fraction of sp³-hybridized carbons (Fsp3) is 0.364. The summed E-state index contributed by atoms with van der Waals surface area (Å²) in [5.41, 5.74) is 0.607. The van der Waals surface area contributed by atoms with Gasteiger partial charge >= 0.3 is 0 Å². The Labute approximate surface area is 115 Å². The minimum absolute atomic E-state index is 0.000888. The predicted octanol–water partition coefficient (Wildman–Crippen LogP) is 0.578. The van der Waals surface area contributed by atoms with Gasteiger partial charge in [0.25, 0.3) is 5.69 Å². The van der Waals surface area contributed by atoms with E-state index in [0.29, 0.717) is 23.9 Å². The molecule has 1 aromatic rings. The molecule has 0 heterocycles. The molecule has 104 valence electrons. The van der Waals surface area contributed by atoms with Crippen molar-refractivity contribution in [1.82, 2.24) is 4.90 Å². The first-order valence-corrected chi connectivity index (χ1v) is 6.01. The van der Waals surface area contributed by atoms with Gasteiger partial charge in [0, 0.05) is 30.9 Å². The van der Waals surface area contributed by atoms with E-state index in [4.69, 9.17) is 22.4 Å². The average Bonchev–Trinajstić information content (AvgIpc) is 2.39. The molecule has 8 heteroatoms. The van der Waals surface area contributed by atoms with Crippen LogP contribution in [0.4, 0.5) is 11.4 Å². The lowest BCUT2D eigenvalue weighted by molar-refractivity contribution is -0.384. The number of rotatable bonds is 6. The van der Waals surface area contributed by atoms with E-state index in [2.05, 4.69) is 5.32 Å². The Morgan fingerprint density at radius 1 is 1.26 bits per heavy atom. The molecule has 0 aliphatic heterocycles. The van der Waals surface area contributed by atoms with Crippen LogP contribution in [0.2, 0.25) is 0 Å². The fourth-order valence-corrected chi connectivity index (χ4v) is 1.73. The zero-order valence-corrected chi connectivity index (χ0v) is 11.0.